The Morgan fingerprint density at radius 1 is 1.20 bits per heavy atom. The van der Waals surface area contributed by atoms with E-state index in [0.717, 1.165) is 29.8 Å². The van der Waals surface area contributed by atoms with Crippen LogP contribution in [0.4, 0.5) is 11.4 Å². The molecule has 25 heavy (non-hydrogen) atoms. The molecule has 2 aromatic rings. The minimum atomic E-state index is -0.637. The van der Waals surface area contributed by atoms with Crippen LogP contribution in [-0.4, -0.2) is 24.4 Å². The zero-order valence-electron chi connectivity index (χ0n) is 13.6. The van der Waals surface area contributed by atoms with Crippen LogP contribution in [0.1, 0.15) is 23.6 Å². The highest BCUT2D eigenvalue weighted by atomic mass is 35.5. The van der Waals surface area contributed by atoms with Gasteiger partial charge in [-0.3, -0.25) is 14.9 Å². The second-order valence-corrected chi connectivity index (χ2v) is 6.34. The summed E-state index contributed by atoms with van der Waals surface area (Å²) in [5.41, 5.74) is 2.29. The van der Waals surface area contributed by atoms with Crippen molar-refractivity contribution in [2.45, 2.75) is 17.9 Å². The van der Waals surface area contributed by atoms with Gasteiger partial charge in [-0.15, -0.1) is 12.4 Å². The van der Waals surface area contributed by atoms with Gasteiger partial charge in [-0.05, 0) is 30.2 Å². The SMILES string of the molecule is CN1C(=O)C2(CCNC2c2ccc([N+](=O)[O-])cc2)c2ccccc21.Cl. The van der Waals surface area contributed by atoms with Gasteiger partial charge in [-0.2, -0.15) is 0 Å². The summed E-state index contributed by atoms with van der Waals surface area (Å²) in [6.45, 7) is 0.732. The number of hydrogen-bond donors (Lipinski definition) is 1. The molecule has 2 aliphatic heterocycles. The van der Waals surface area contributed by atoms with E-state index in [1.165, 1.54) is 12.1 Å². The van der Waals surface area contributed by atoms with E-state index in [1.807, 2.05) is 24.3 Å². The molecule has 6 nitrogen and oxygen atoms in total. The average molecular weight is 360 g/mol. The lowest BCUT2D eigenvalue weighted by Gasteiger charge is -2.30. The molecule has 2 aromatic carbocycles. The Kier molecular flexibility index (Phi) is 4.26. The Bertz CT molecular complexity index is 840. The number of anilines is 1. The lowest BCUT2D eigenvalue weighted by atomic mass is 9.73. The number of non-ortho nitro benzene ring substituents is 1. The number of para-hydroxylation sites is 1. The molecule has 2 aliphatic rings. The van der Waals surface area contributed by atoms with Crippen molar-refractivity contribution in [3.63, 3.8) is 0 Å². The van der Waals surface area contributed by atoms with Gasteiger partial charge in [0, 0.05) is 24.9 Å². The maximum atomic E-state index is 13.1. The fourth-order valence-corrected chi connectivity index (χ4v) is 4.11. The molecule has 0 bridgehead atoms. The van der Waals surface area contributed by atoms with Gasteiger partial charge in [0.05, 0.1) is 16.4 Å². The van der Waals surface area contributed by atoms with E-state index in [-0.39, 0.29) is 30.0 Å². The number of benzene rings is 2. The number of fused-ring (bicyclic) bond motifs is 2. The number of nitro groups is 1. The van der Waals surface area contributed by atoms with Crippen LogP contribution >= 0.6 is 12.4 Å². The first-order chi connectivity index (χ1) is 11.6. The van der Waals surface area contributed by atoms with Crippen molar-refractivity contribution in [1.82, 2.24) is 5.32 Å². The van der Waals surface area contributed by atoms with Gasteiger partial charge in [-0.1, -0.05) is 30.3 Å². The molecule has 4 rings (SSSR count). The standard InChI is InChI=1S/C18H17N3O3.ClH/c1-20-15-5-3-2-4-14(15)18(17(20)22)10-11-19-16(18)12-6-8-13(9-7-12)21(23)24;/h2-9,16,19H,10-11H2,1H3;1H. The van der Waals surface area contributed by atoms with Gasteiger partial charge in [0.2, 0.25) is 5.91 Å². The summed E-state index contributed by atoms with van der Waals surface area (Å²) in [6.07, 6.45) is 0.717. The summed E-state index contributed by atoms with van der Waals surface area (Å²) in [4.78, 5) is 25.3. The van der Waals surface area contributed by atoms with Gasteiger partial charge in [-0.25, -0.2) is 0 Å². The Hall–Kier alpha value is -2.44. The number of halogens is 1. The van der Waals surface area contributed by atoms with Crippen LogP contribution in [0.5, 0.6) is 0 Å². The summed E-state index contributed by atoms with van der Waals surface area (Å²) < 4.78 is 0. The largest absolute Gasteiger partial charge is 0.314 e. The van der Waals surface area contributed by atoms with E-state index in [4.69, 9.17) is 0 Å². The lowest BCUT2D eigenvalue weighted by molar-refractivity contribution is -0.384. The third-order valence-corrected chi connectivity index (χ3v) is 5.23. The number of amides is 1. The van der Waals surface area contributed by atoms with Crippen molar-refractivity contribution in [1.29, 1.82) is 0 Å². The molecule has 2 heterocycles. The summed E-state index contributed by atoms with van der Waals surface area (Å²) in [5.74, 6) is 0.0806. The van der Waals surface area contributed by atoms with Gasteiger partial charge >= 0.3 is 0 Å². The predicted octanol–water partition coefficient (Wildman–Crippen LogP) is 2.97. The number of likely N-dealkylation sites (N-methyl/N-ethyl adjacent to an activating group) is 1. The van der Waals surface area contributed by atoms with Crippen molar-refractivity contribution in [2.75, 3.05) is 18.5 Å². The highest BCUT2D eigenvalue weighted by molar-refractivity contribution is 6.08. The van der Waals surface area contributed by atoms with Crippen LogP contribution in [0.3, 0.4) is 0 Å². The minimum absolute atomic E-state index is 0. The van der Waals surface area contributed by atoms with Crippen LogP contribution in [0.15, 0.2) is 48.5 Å². The van der Waals surface area contributed by atoms with Gasteiger partial charge in [0.15, 0.2) is 0 Å². The molecule has 130 valence electrons. The monoisotopic (exact) mass is 359 g/mol. The molecule has 1 N–H and O–H groups in total. The smallest absolute Gasteiger partial charge is 0.269 e. The molecule has 0 aliphatic carbocycles. The number of nitro benzene ring substituents is 1. The fraction of sp³-hybridized carbons (Fsp3) is 0.278. The van der Waals surface area contributed by atoms with Gasteiger partial charge in [0.25, 0.3) is 5.69 Å². The molecule has 2 unspecified atom stereocenters. The molecule has 0 aromatic heterocycles. The first kappa shape index (κ1) is 17.4. The third-order valence-electron chi connectivity index (χ3n) is 5.23. The van der Waals surface area contributed by atoms with E-state index >= 15 is 0 Å². The maximum Gasteiger partial charge on any atom is 0.269 e. The van der Waals surface area contributed by atoms with Crippen LogP contribution < -0.4 is 10.2 Å². The molecule has 1 amide bonds. The van der Waals surface area contributed by atoms with E-state index in [9.17, 15) is 14.9 Å². The molecule has 2 atom stereocenters. The second-order valence-electron chi connectivity index (χ2n) is 6.34. The number of nitrogens with zero attached hydrogens (tertiary/aromatic N) is 2. The second kappa shape index (κ2) is 6.13. The van der Waals surface area contributed by atoms with Crippen molar-refractivity contribution in [2.24, 2.45) is 0 Å². The molecule has 1 saturated heterocycles. The predicted molar refractivity (Wildman–Crippen MR) is 97.2 cm³/mol. The van der Waals surface area contributed by atoms with E-state index in [0.29, 0.717) is 0 Å². The molecule has 1 spiro atoms. The number of rotatable bonds is 2. The van der Waals surface area contributed by atoms with Crippen molar-refractivity contribution >= 4 is 29.7 Å². The Balaban J connectivity index is 0.00000182. The minimum Gasteiger partial charge on any atom is -0.314 e. The fourth-order valence-electron chi connectivity index (χ4n) is 4.11. The summed E-state index contributed by atoms with van der Waals surface area (Å²) in [5, 5.41) is 14.3. The van der Waals surface area contributed by atoms with Crippen molar-refractivity contribution in [3.05, 3.63) is 69.8 Å². The normalized spacial score (nSPS) is 24.3. The first-order valence-electron chi connectivity index (χ1n) is 7.91. The number of hydrogen-bond acceptors (Lipinski definition) is 4. The van der Waals surface area contributed by atoms with Gasteiger partial charge in [0.1, 0.15) is 0 Å². The summed E-state index contributed by atoms with van der Waals surface area (Å²) in [6, 6.07) is 14.2. The maximum absolute atomic E-state index is 13.1. The first-order valence-corrected chi connectivity index (χ1v) is 7.91. The number of carbonyl (C=O) groups excluding carboxylic acids is 1. The zero-order chi connectivity index (χ0) is 16.9. The van der Waals surface area contributed by atoms with Gasteiger partial charge < -0.3 is 10.2 Å². The molecule has 7 heteroatoms. The number of nitrogens with one attached hydrogen (secondary N) is 1. The Labute approximate surface area is 151 Å². The molecule has 1 fully saturated rings. The average Bonchev–Trinajstić information content (AvgIpc) is 3.13. The third kappa shape index (κ3) is 2.33. The van der Waals surface area contributed by atoms with E-state index in [1.54, 1.807) is 24.1 Å². The van der Waals surface area contributed by atoms with Crippen LogP contribution in [0, 0.1) is 10.1 Å². The lowest BCUT2D eigenvalue weighted by Crippen LogP contribution is -2.42. The molecule has 0 radical (unpaired) electrons. The summed E-state index contributed by atoms with van der Waals surface area (Å²) in [7, 11) is 1.81. The Morgan fingerprint density at radius 3 is 2.56 bits per heavy atom. The van der Waals surface area contributed by atoms with Crippen LogP contribution in [0.25, 0.3) is 0 Å². The molecular weight excluding hydrogens is 342 g/mol. The van der Waals surface area contributed by atoms with E-state index < -0.39 is 10.3 Å². The van der Waals surface area contributed by atoms with Crippen molar-refractivity contribution in [3.8, 4) is 0 Å². The number of carbonyl (C=O) groups is 1. The zero-order valence-corrected chi connectivity index (χ0v) is 14.5. The highest BCUT2D eigenvalue weighted by Gasteiger charge is 2.57. The Morgan fingerprint density at radius 2 is 1.88 bits per heavy atom. The molecule has 0 saturated carbocycles. The van der Waals surface area contributed by atoms with Crippen molar-refractivity contribution < 1.29 is 9.72 Å². The van der Waals surface area contributed by atoms with E-state index in [2.05, 4.69) is 5.32 Å². The topological polar surface area (TPSA) is 75.5 Å². The quantitative estimate of drug-likeness (QED) is 0.660. The van der Waals surface area contributed by atoms with Crippen LogP contribution in [0.2, 0.25) is 0 Å². The highest BCUT2D eigenvalue weighted by Crippen LogP contribution is 2.52. The molecular formula is C18H18ClN3O3. The van der Waals surface area contributed by atoms with Crippen LogP contribution in [-0.2, 0) is 10.2 Å². The summed E-state index contributed by atoms with van der Waals surface area (Å²) >= 11 is 0.